The van der Waals surface area contributed by atoms with E-state index in [0.717, 1.165) is 0 Å². The zero-order valence-electron chi connectivity index (χ0n) is 10.9. The van der Waals surface area contributed by atoms with Crippen molar-refractivity contribution in [3.8, 4) is 0 Å². The van der Waals surface area contributed by atoms with Crippen LogP contribution in [-0.2, 0) is 23.4 Å². The van der Waals surface area contributed by atoms with E-state index in [9.17, 15) is 9.36 Å². The highest BCUT2D eigenvalue weighted by Crippen LogP contribution is 2.35. The summed E-state index contributed by atoms with van der Waals surface area (Å²) in [5.41, 5.74) is -0.752. The number of hydrogen-bond acceptors (Lipinski definition) is 5. The summed E-state index contributed by atoms with van der Waals surface area (Å²) in [4.78, 5) is 28.5. The Labute approximate surface area is 107 Å². The number of ether oxygens (including phenoxy) is 2. The van der Waals surface area contributed by atoms with Gasteiger partial charge in [0.2, 0.25) is 0 Å². The molecular weight excluding hydrogens is 263 g/mol. The van der Waals surface area contributed by atoms with Gasteiger partial charge in [-0.15, -0.1) is 0 Å². The molecule has 0 aromatic carbocycles. The van der Waals surface area contributed by atoms with Crippen LogP contribution in [0.1, 0.15) is 27.2 Å². The van der Waals surface area contributed by atoms with Crippen molar-refractivity contribution in [2.75, 3.05) is 26.4 Å². The summed E-state index contributed by atoms with van der Waals surface area (Å²) in [6.45, 7) is 5.47. The molecule has 0 amide bonds. The maximum atomic E-state index is 11.7. The molecule has 0 saturated carbocycles. The molecule has 2 N–H and O–H groups in total. The van der Waals surface area contributed by atoms with Crippen molar-refractivity contribution in [1.29, 1.82) is 0 Å². The quantitative estimate of drug-likeness (QED) is 0.371. The predicted molar refractivity (Wildman–Crippen MR) is 63.8 cm³/mol. The largest absolute Gasteiger partial charge is 0.469 e. The molecule has 8 heteroatoms. The standard InChI is InChI=1S/C10H21O7P/c1-4-10(3,9(11)16-5-2)8-15-6-7-17-18(12,13)14/h4-8H2,1-3H3,(H2,12,13,14). The number of carbonyl (C=O) groups is 1. The molecule has 0 aliphatic rings. The molecule has 0 saturated heterocycles. The van der Waals surface area contributed by atoms with Crippen molar-refractivity contribution in [3.63, 3.8) is 0 Å². The van der Waals surface area contributed by atoms with Crippen molar-refractivity contribution in [2.45, 2.75) is 27.2 Å². The summed E-state index contributed by atoms with van der Waals surface area (Å²) in [7, 11) is -4.45. The smallest absolute Gasteiger partial charge is 0.466 e. The lowest BCUT2D eigenvalue weighted by molar-refractivity contribution is -0.158. The van der Waals surface area contributed by atoms with Crippen LogP contribution >= 0.6 is 7.82 Å². The number of phosphoric acid groups is 1. The molecule has 0 aromatic heterocycles. The van der Waals surface area contributed by atoms with Gasteiger partial charge in [-0.2, -0.15) is 0 Å². The van der Waals surface area contributed by atoms with Gasteiger partial charge in [0.15, 0.2) is 0 Å². The lowest BCUT2D eigenvalue weighted by Crippen LogP contribution is -2.34. The van der Waals surface area contributed by atoms with Crippen molar-refractivity contribution in [1.82, 2.24) is 0 Å². The Hall–Kier alpha value is -0.460. The van der Waals surface area contributed by atoms with E-state index < -0.39 is 13.2 Å². The summed E-state index contributed by atoms with van der Waals surface area (Å²) < 4.78 is 24.7. The van der Waals surface area contributed by atoms with Crippen molar-refractivity contribution in [3.05, 3.63) is 0 Å². The van der Waals surface area contributed by atoms with Crippen LogP contribution in [0, 0.1) is 5.41 Å². The molecular formula is C10H21O7P. The third-order valence-electron chi connectivity index (χ3n) is 2.46. The average molecular weight is 284 g/mol. The number of phosphoric ester groups is 1. The van der Waals surface area contributed by atoms with E-state index >= 15 is 0 Å². The zero-order chi connectivity index (χ0) is 14.2. The second-order valence-electron chi connectivity index (χ2n) is 4.01. The van der Waals surface area contributed by atoms with E-state index in [1.54, 1.807) is 13.8 Å². The molecule has 0 heterocycles. The minimum atomic E-state index is -4.45. The molecule has 0 fully saturated rings. The molecule has 0 aliphatic heterocycles. The van der Waals surface area contributed by atoms with Crippen molar-refractivity contribution < 1.29 is 33.1 Å². The van der Waals surface area contributed by atoms with Crippen LogP contribution in [0.5, 0.6) is 0 Å². The third kappa shape index (κ3) is 7.08. The van der Waals surface area contributed by atoms with Gasteiger partial charge in [-0.05, 0) is 20.3 Å². The monoisotopic (exact) mass is 284 g/mol. The first-order chi connectivity index (χ1) is 8.25. The number of carbonyl (C=O) groups excluding carboxylic acids is 1. The molecule has 1 atom stereocenters. The SMILES string of the molecule is CCOC(=O)C(C)(CC)COCCOP(=O)(O)O. The van der Waals surface area contributed by atoms with Crippen LogP contribution in [-0.4, -0.2) is 42.2 Å². The fourth-order valence-electron chi connectivity index (χ4n) is 1.12. The zero-order valence-corrected chi connectivity index (χ0v) is 11.8. The topological polar surface area (TPSA) is 102 Å². The first-order valence-corrected chi connectivity index (χ1v) is 7.23. The van der Waals surface area contributed by atoms with E-state index in [0.29, 0.717) is 13.0 Å². The highest BCUT2D eigenvalue weighted by Gasteiger charge is 2.33. The summed E-state index contributed by atoms with van der Waals surface area (Å²) in [5, 5.41) is 0. The van der Waals surface area contributed by atoms with E-state index in [1.165, 1.54) is 0 Å². The summed E-state index contributed by atoms with van der Waals surface area (Å²) in [6, 6.07) is 0. The van der Waals surface area contributed by atoms with Crippen molar-refractivity contribution >= 4 is 13.8 Å². The van der Waals surface area contributed by atoms with Crippen LogP contribution in [0.3, 0.4) is 0 Å². The van der Waals surface area contributed by atoms with Gasteiger partial charge in [0.1, 0.15) is 0 Å². The van der Waals surface area contributed by atoms with Gasteiger partial charge in [-0.3, -0.25) is 9.32 Å². The lowest BCUT2D eigenvalue weighted by Gasteiger charge is -2.25. The second-order valence-corrected chi connectivity index (χ2v) is 5.25. The van der Waals surface area contributed by atoms with Gasteiger partial charge < -0.3 is 19.3 Å². The molecule has 18 heavy (non-hydrogen) atoms. The first-order valence-electron chi connectivity index (χ1n) is 5.70. The predicted octanol–water partition coefficient (Wildman–Crippen LogP) is 1.09. The molecule has 0 spiro atoms. The van der Waals surface area contributed by atoms with Crippen LogP contribution in [0.2, 0.25) is 0 Å². The molecule has 0 aromatic rings. The van der Waals surface area contributed by atoms with Gasteiger partial charge in [0.25, 0.3) is 0 Å². The van der Waals surface area contributed by atoms with Crippen LogP contribution in [0.25, 0.3) is 0 Å². The number of esters is 1. The minimum absolute atomic E-state index is 0.000104. The maximum absolute atomic E-state index is 11.7. The van der Waals surface area contributed by atoms with E-state index in [-0.39, 0.29) is 25.8 Å². The van der Waals surface area contributed by atoms with E-state index in [1.807, 2.05) is 6.92 Å². The fraction of sp³-hybridized carbons (Fsp3) is 0.900. The average Bonchev–Trinajstić information content (AvgIpc) is 2.27. The molecule has 0 rings (SSSR count). The second kappa shape index (κ2) is 7.86. The highest BCUT2D eigenvalue weighted by atomic mass is 31.2. The molecule has 7 nitrogen and oxygen atoms in total. The van der Waals surface area contributed by atoms with Crippen molar-refractivity contribution in [2.24, 2.45) is 5.41 Å². The Bertz CT molecular complexity index is 301. The van der Waals surface area contributed by atoms with Crippen LogP contribution in [0.15, 0.2) is 0 Å². The van der Waals surface area contributed by atoms with Gasteiger partial charge in [0.05, 0.1) is 31.8 Å². The van der Waals surface area contributed by atoms with E-state index in [4.69, 9.17) is 19.3 Å². The van der Waals surface area contributed by atoms with Crippen LogP contribution < -0.4 is 0 Å². The highest BCUT2D eigenvalue weighted by molar-refractivity contribution is 7.46. The summed E-state index contributed by atoms with van der Waals surface area (Å²) >= 11 is 0. The summed E-state index contributed by atoms with van der Waals surface area (Å²) in [6.07, 6.45) is 0.547. The maximum Gasteiger partial charge on any atom is 0.469 e. The van der Waals surface area contributed by atoms with Crippen LogP contribution in [0.4, 0.5) is 0 Å². The molecule has 108 valence electrons. The molecule has 0 bridgehead atoms. The number of rotatable bonds is 9. The Morgan fingerprint density at radius 2 is 1.89 bits per heavy atom. The lowest BCUT2D eigenvalue weighted by atomic mass is 9.89. The Balaban J connectivity index is 4.00. The Morgan fingerprint density at radius 1 is 1.28 bits per heavy atom. The minimum Gasteiger partial charge on any atom is -0.466 e. The van der Waals surface area contributed by atoms with Gasteiger partial charge in [-0.25, -0.2) is 4.57 Å². The normalized spacial score (nSPS) is 15.2. The molecule has 0 radical (unpaired) electrons. The molecule has 0 aliphatic carbocycles. The van der Waals surface area contributed by atoms with E-state index in [2.05, 4.69) is 4.52 Å². The fourth-order valence-corrected chi connectivity index (χ4v) is 1.44. The Kier molecular flexibility index (Phi) is 7.66. The summed E-state index contributed by atoms with van der Waals surface area (Å²) in [5.74, 6) is -0.344. The first kappa shape index (κ1) is 17.5. The van der Waals surface area contributed by atoms with Gasteiger partial charge in [0, 0.05) is 0 Å². The Morgan fingerprint density at radius 3 is 2.33 bits per heavy atom. The number of hydrogen-bond donors (Lipinski definition) is 2. The molecule has 1 unspecified atom stereocenters. The van der Waals surface area contributed by atoms with Gasteiger partial charge in [-0.1, -0.05) is 6.92 Å². The third-order valence-corrected chi connectivity index (χ3v) is 2.98. The van der Waals surface area contributed by atoms with Gasteiger partial charge >= 0.3 is 13.8 Å².